The van der Waals surface area contributed by atoms with Crippen LogP contribution in [0.2, 0.25) is 0 Å². The van der Waals surface area contributed by atoms with Gasteiger partial charge in [0, 0.05) is 18.0 Å². The van der Waals surface area contributed by atoms with Crippen molar-refractivity contribution in [3.8, 4) is 0 Å². The monoisotopic (exact) mass is 267 g/mol. The highest BCUT2D eigenvalue weighted by Gasteiger charge is 2.19. The molecule has 1 N–H and O–H groups in total. The Morgan fingerprint density at radius 1 is 1.28 bits per heavy atom. The van der Waals surface area contributed by atoms with Crippen molar-refractivity contribution in [1.82, 2.24) is 5.32 Å². The van der Waals surface area contributed by atoms with Crippen LogP contribution in [0.3, 0.4) is 0 Å². The Kier molecular flexibility index (Phi) is 6.19. The summed E-state index contributed by atoms with van der Waals surface area (Å²) in [5.41, 5.74) is 1.30. The van der Waals surface area contributed by atoms with Gasteiger partial charge >= 0.3 is 0 Å². The van der Waals surface area contributed by atoms with Gasteiger partial charge in [-0.3, -0.25) is 0 Å². The van der Waals surface area contributed by atoms with E-state index in [0.29, 0.717) is 6.04 Å². The van der Waals surface area contributed by atoms with Gasteiger partial charge in [0.15, 0.2) is 0 Å². The molecule has 0 saturated carbocycles. The standard InChI is InChI=1S/C15H25NOS/c1-15(2,17-4)11-10-14(16-3)12-6-8-13(18-5)9-7-12/h6-9,14,16H,10-11H2,1-5H3. The Hall–Kier alpha value is -0.510. The van der Waals surface area contributed by atoms with E-state index in [1.54, 1.807) is 18.9 Å². The molecular formula is C15H25NOS. The zero-order valence-corrected chi connectivity index (χ0v) is 12.9. The summed E-state index contributed by atoms with van der Waals surface area (Å²) in [4.78, 5) is 1.31. The highest BCUT2D eigenvalue weighted by molar-refractivity contribution is 7.98. The molecule has 0 saturated heterocycles. The molecule has 0 bridgehead atoms. The maximum Gasteiger partial charge on any atom is 0.0623 e. The van der Waals surface area contributed by atoms with Gasteiger partial charge in [-0.05, 0) is 57.7 Å². The Bertz CT molecular complexity index is 348. The van der Waals surface area contributed by atoms with Gasteiger partial charge in [-0.15, -0.1) is 11.8 Å². The van der Waals surface area contributed by atoms with Crippen molar-refractivity contribution >= 4 is 11.8 Å². The second kappa shape index (κ2) is 7.17. The number of methoxy groups -OCH3 is 1. The molecule has 0 fully saturated rings. The van der Waals surface area contributed by atoms with E-state index in [1.165, 1.54) is 10.5 Å². The smallest absolute Gasteiger partial charge is 0.0623 e. The minimum Gasteiger partial charge on any atom is -0.379 e. The maximum atomic E-state index is 5.47. The normalized spacial score (nSPS) is 13.6. The molecule has 18 heavy (non-hydrogen) atoms. The van der Waals surface area contributed by atoms with Crippen molar-refractivity contribution in [2.45, 2.75) is 43.2 Å². The molecular weight excluding hydrogens is 242 g/mol. The molecule has 0 aliphatic carbocycles. The van der Waals surface area contributed by atoms with Gasteiger partial charge in [-0.1, -0.05) is 12.1 Å². The second-order valence-corrected chi connectivity index (χ2v) is 6.00. The van der Waals surface area contributed by atoms with E-state index >= 15 is 0 Å². The fraction of sp³-hybridized carbons (Fsp3) is 0.600. The Balaban J connectivity index is 2.65. The molecule has 0 spiro atoms. The third kappa shape index (κ3) is 4.63. The summed E-state index contributed by atoms with van der Waals surface area (Å²) < 4.78 is 5.47. The molecule has 0 heterocycles. The third-order valence-corrected chi connectivity index (χ3v) is 4.20. The van der Waals surface area contributed by atoms with Gasteiger partial charge in [0.1, 0.15) is 0 Å². The number of nitrogens with one attached hydrogen (secondary N) is 1. The van der Waals surface area contributed by atoms with Gasteiger partial charge in [0.05, 0.1) is 5.60 Å². The Morgan fingerprint density at radius 2 is 1.89 bits per heavy atom. The number of ether oxygens (including phenoxy) is 1. The van der Waals surface area contributed by atoms with Crippen molar-refractivity contribution in [3.05, 3.63) is 29.8 Å². The summed E-state index contributed by atoms with van der Waals surface area (Å²) in [6.45, 7) is 4.27. The lowest BCUT2D eigenvalue weighted by Gasteiger charge is -2.26. The highest BCUT2D eigenvalue weighted by Crippen LogP contribution is 2.25. The molecule has 0 aliphatic heterocycles. The van der Waals surface area contributed by atoms with Crippen molar-refractivity contribution < 1.29 is 4.74 Å². The first kappa shape index (κ1) is 15.5. The van der Waals surface area contributed by atoms with Crippen LogP contribution in [0.15, 0.2) is 29.2 Å². The molecule has 2 nitrogen and oxygen atoms in total. The largest absolute Gasteiger partial charge is 0.379 e. The molecule has 0 aliphatic rings. The van der Waals surface area contributed by atoms with Gasteiger partial charge in [0.2, 0.25) is 0 Å². The second-order valence-electron chi connectivity index (χ2n) is 5.12. The number of thioether (sulfide) groups is 1. The minimum atomic E-state index is -0.0473. The Labute approximate surface area is 116 Å². The van der Waals surface area contributed by atoms with Crippen molar-refractivity contribution in [2.75, 3.05) is 20.4 Å². The molecule has 0 amide bonds. The first-order valence-electron chi connectivity index (χ1n) is 6.39. The van der Waals surface area contributed by atoms with E-state index in [-0.39, 0.29) is 5.60 Å². The summed E-state index contributed by atoms with van der Waals surface area (Å²) in [5.74, 6) is 0. The van der Waals surface area contributed by atoms with Crippen LogP contribution in [0.25, 0.3) is 0 Å². The lowest BCUT2D eigenvalue weighted by atomic mass is 9.95. The number of hydrogen-bond donors (Lipinski definition) is 1. The summed E-state index contributed by atoms with van der Waals surface area (Å²) in [5, 5.41) is 3.39. The molecule has 1 rings (SSSR count). The van der Waals surface area contributed by atoms with Gasteiger partial charge in [0.25, 0.3) is 0 Å². The van der Waals surface area contributed by atoms with E-state index in [0.717, 1.165) is 12.8 Å². The summed E-state index contributed by atoms with van der Waals surface area (Å²) in [6, 6.07) is 9.20. The van der Waals surface area contributed by atoms with Crippen molar-refractivity contribution in [3.63, 3.8) is 0 Å². The molecule has 3 heteroatoms. The van der Waals surface area contributed by atoms with Gasteiger partial charge in [-0.2, -0.15) is 0 Å². The van der Waals surface area contributed by atoms with Crippen LogP contribution < -0.4 is 5.32 Å². The van der Waals surface area contributed by atoms with E-state index in [9.17, 15) is 0 Å². The average molecular weight is 267 g/mol. The number of rotatable bonds is 7. The first-order valence-corrected chi connectivity index (χ1v) is 7.61. The van der Waals surface area contributed by atoms with Crippen LogP contribution in [-0.2, 0) is 4.74 Å². The first-order chi connectivity index (χ1) is 8.52. The van der Waals surface area contributed by atoms with Gasteiger partial charge < -0.3 is 10.1 Å². The summed E-state index contributed by atoms with van der Waals surface area (Å²) in [7, 11) is 3.80. The van der Waals surface area contributed by atoms with Crippen LogP contribution >= 0.6 is 11.8 Å². The highest BCUT2D eigenvalue weighted by atomic mass is 32.2. The van der Waals surface area contributed by atoms with Crippen LogP contribution in [0.5, 0.6) is 0 Å². The quantitative estimate of drug-likeness (QED) is 0.758. The summed E-state index contributed by atoms with van der Waals surface area (Å²) >= 11 is 1.78. The predicted molar refractivity (Wildman–Crippen MR) is 80.3 cm³/mol. The lowest BCUT2D eigenvalue weighted by molar-refractivity contribution is 0.0118. The molecule has 0 radical (unpaired) electrons. The SMILES string of the molecule is CNC(CCC(C)(C)OC)c1ccc(SC)cc1. The van der Waals surface area contributed by atoms with Crippen LogP contribution in [0, 0.1) is 0 Å². The molecule has 0 aromatic heterocycles. The zero-order valence-electron chi connectivity index (χ0n) is 12.1. The fourth-order valence-electron chi connectivity index (χ4n) is 1.91. The van der Waals surface area contributed by atoms with Crippen molar-refractivity contribution in [2.24, 2.45) is 0 Å². The fourth-order valence-corrected chi connectivity index (χ4v) is 2.32. The molecule has 102 valence electrons. The Morgan fingerprint density at radius 3 is 2.33 bits per heavy atom. The molecule has 1 atom stereocenters. The lowest BCUT2D eigenvalue weighted by Crippen LogP contribution is -2.25. The third-order valence-electron chi connectivity index (χ3n) is 3.45. The van der Waals surface area contributed by atoms with Crippen LogP contribution in [0.1, 0.15) is 38.3 Å². The minimum absolute atomic E-state index is 0.0473. The van der Waals surface area contributed by atoms with E-state index in [1.807, 2.05) is 7.05 Å². The van der Waals surface area contributed by atoms with E-state index in [2.05, 4.69) is 49.7 Å². The number of benzene rings is 1. The van der Waals surface area contributed by atoms with Crippen LogP contribution in [-0.4, -0.2) is 26.0 Å². The average Bonchev–Trinajstić information content (AvgIpc) is 2.40. The zero-order chi connectivity index (χ0) is 13.6. The summed E-state index contributed by atoms with van der Waals surface area (Å²) in [6.07, 6.45) is 4.22. The maximum absolute atomic E-state index is 5.47. The van der Waals surface area contributed by atoms with E-state index < -0.39 is 0 Å². The molecule has 1 aromatic rings. The van der Waals surface area contributed by atoms with E-state index in [4.69, 9.17) is 4.74 Å². The van der Waals surface area contributed by atoms with Crippen molar-refractivity contribution in [1.29, 1.82) is 0 Å². The van der Waals surface area contributed by atoms with Gasteiger partial charge in [-0.25, -0.2) is 0 Å². The molecule has 1 unspecified atom stereocenters. The number of hydrogen-bond acceptors (Lipinski definition) is 3. The topological polar surface area (TPSA) is 21.3 Å². The van der Waals surface area contributed by atoms with Crippen LogP contribution in [0.4, 0.5) is 0 Å². The predicted octanol–water partition coefficient (Wildman–Crippen LogP) is 3.87. The molecule has 1 aromatic carbocycles.